The van der Waals surface area contributed by atoms with Crippen LogP contribution in [0, 0.1) is 5.41 Å². The van der Waals surface area contributed by atoms with Crippen molar-refractivity contribution in [2.45, 2.75) is 26.1 Å². The zero-order valence-electron chi connectivity index (χ0n) is 19.9. The summed E-state index contributed by atoms with van der Waals surface area (Å²) in [4.78, 5) is 40.0. The Morgan fingerprint density at radius 1 is 0.757 bits per heavy atom. The number of fused-ring (bicyclic) bond motifs is 1. The average Bonchev–Trinajstić information content (AvgIpc) is 3.31. The molecule has 186 valence electrons. The molecule has 0 atom stereocenters. The van der Waals surface area contributed by atoms with E-state index in [2.05, 4.69) is 0 Å². The van der Waals surface area contributed by atoms with Gasteiger partial charge in [0.15, 0.2) is 5.41 Å². The molecule has 0 amide bonds. The highest BCUT2D eigenvalue weighted by Crippen LogP contribution is 2.39. The molecule has 0 aliphatic heterocycles. The zero-order chi connectivity index (χ0) is 25.8. The van der Waals surface area contributed by atoms with E-state index < -0.39 is 17.4 Å². The van der Waals surface area contributed by atoms with Crippen LogP contribution >= 0.6 is 11.6 Å². The van der Waals surface area contributed by atoms with E-state index in [1.54, 1.807) is 30.5 Å². The lowest BCUT2D eigenvalue weighted by Gasteiger charge is -2.24. The van der Waals surface area contributed by atoms with Crippen LogP contribution in [-0.2, 0) is 45.1 Å². The fourth-order valence-corrected chi connectivity index (χ4v) is 4.67. The summed E-state index contributed by atoms with van der Waals surface area (Å²) in [5.74, 6) is -1.34. The summed E-state index contributed by atoms with van der Waals surface area (Å²) >= 11 is 6.00. The summed E-state index contributed by atoms with van der Waals surface area (Å²) in [7, 11) is 0. The monoisotopic (exact) mass is 513 g/mol. The van der Waals surface area contributed by atoms with Crippen molar-refractivity contribution >= 4 is 23.5 Å². The molecule has 0 saturated carbocycles. The van der Waals surface area contributed by atoms with Crippen LogP contribution in [0.2, 0.25) is 5.02 Å². The first-order valence-corrected chi connectivity index (χ1v) is 12.3. The van der Waals surface area contributed by atoms with Crippen molar-refractivity contribution in [3.8, 4) is 5.69 Å². The molecule has 1 aliphatic carbocycles. The summed E-state index contributed by atoms with van der Waals surface area (Å²) in [5.41, 5.74) is 1.73. The van der Waals surface area contributed by atoms with Gasteiger partial charge in [0, 0.05) is 35.8 Å². The number of esters is 2. The van der Waals surface area contributed by atoms with Crippen molar-refractivity contribution in [1.82, 2.24) is 4.57 Å². The van der Waals surface area contributed by atoms with Crippen LogP contribution in [0.1, 0.15) is 22.3 Å². The maximum absolute atomic E-state index is 13.5. The predicted octanol–water partition coefficient (Wildman–Crippen LogP) is 5.06. The minimum absolute atomic E-state index is 0.0281. The smallest absolute Gasteiger partial charge is 0.324 e. The lowest BCUT2D eigenvalue weighted by atomic mass is 9.84. The number of aromatic nitrogens is 1. The van der Waals surface area contributed by atoms with E-state index in [1.807, 2.05) is 60.7 Å². The van der Waals surface area contributed by atoms with Crippen molar-refractivity contribution in [2.24, 2.45) is 5.41 Å². The molecule has 5 rings (SSSR count). The van der Waals surface area contributed by atoms with Crippen LogP contribution in [-0.4, -0.2) is 16.5 Å². The van der Waals surface area contributed by atoms with Crippen LogP contribution in [0.15, 0.2) is 102 Å². The Labute approximate surface area is 219 Å². The van der Waals surface area contributed by atoms with Gasteiger partial charge in [-0.15, -0.1) is 0 Å². The summed E-state index contributed by atoms with van der Waals surface area (Å²) in [6.07, 6.45) is 1.77. The molecular weight excluding hydrogens is 490 g/mol. The third-order valence-electron chi connectivity index (χ3n) is 6.53. The van der Waals surface area contributed by atoms with Crippen molar-refractivity contribution in [3.63, 3.8) is 0 Å². The summed E-state index contributed by atoms with van der Waals surface area (Å²) in [5, 5.41) is 0.555. The maximum atomic E-state index is 13.5. The number of nitrogens with zero attached hydrogens (tertiary/aromatic N) is 1. The Bertz CT molecular complexity index is 1420. The molecule has 1 aromatic heterocycles. The van der Waals surface area contributed by atoms with Crippen molar-refractivity contribution in [1.29, 1.82) is 0 Å². The van der Waals surface area contributed by atoms with E-state index in [-0.39, 0.29) is 31.6 Å². The first-order chi connectivity index (χ1) is 17.9. The maximum Gasteiger partial charge on any atom is 0.324 e. The molecule has 3 aromatic carbocycles. The second-order valence-electron chi connectivity index (χ2n) is 9.07. The first kappa shape index (κ1) is 24.5. The molecule has 7 heteroatoms. The number of pyridine rings is 1. The number of benzene rings is 3. The van der Waals surface area contributed by atoms with Crippen molar-refractivity contribution in [3.05, 3.63) is 135 Å². The van der Waals surface area contributed by atoms with Crippen LogP contribution in [0.25, 0.3) is 5.69 Å². The summed E-state index contributed by atoms with van der Waals surface area (Å²) in [6, 6.07) is 26.9. The molecule has 0 fully saturated rings. The molecule has 1 heterocycles. The van der Waals surface area contributed by atoms with E-state index in [4.69, 9.17) is 21.1 Å². The normalized spacial score (nSPS) is 13.5. The fraction of sp³-hybridized carbons (Fsp3) is 0.167. The molecule has 0 bridgehead atoms. The summed E-state index contributed by atoms with van der Waals surface area (Å²) < 4.78 is 12.8. The van der Waals surface area contributed by atoms with Gasteiger partial charge in [0.25, 0.3) is 5.56 Å². The van der Waals surface area contributed by atoms with Crippen LogP contribution in [0.5, 0.6) is 0 Å². The number of ether oxygens (including phenoxy) is 2. The fourth-order valence-electron chi connectivity index (χ4n) is 4.55. The minimum Gasteiger partial charge on any atom is -0.460 e. The third kappa shape index (κ3) is 5.20. The van der Waals surface area contributed by atoms with Gasteiger partial charge < -0.3 is 9.47 Å². The van der Waals surface area contributed by atoms with Crippen LogP contribution in [0.3, 0.4) is 0 Å². The first-order valence-electron chi connectivity index (χ1n) is 11.9. The number of halogens is 1. The van der Waals surface area contributed by atoms with E-state index in [0.717, 1.165) is 11.1 Å². The molecule has 6 nitrogen and oxygen atoms in total. The molecule has 0 radical (unpaired) electrons. The van der Waals surface area contributed by atoms with Gasteiger partial charge >= 0.3 is 11.9 Å². The van der Waals surface area contributed by atoms with Gasteiger partial charge in [-0.1, -0.05) is 72.3 Å². The summed E-state index contributed by atoms with van der Waals surface area (Å²) in [6.45, 7) is 0.0582. The van der Waals surface area contributed by atoms with E-state index >= 15 is 0 Å². The van der Waals surface area contributed by atoms with Gasteiger partial charge in [-0.25, -0.2) is 0 Å². The highest BCUT2D eigenvalue weighted by Gasteiger charge is 2.53. The molecule has 0 spiro atoms. The van der Waals surface area contributed by atoms with Gasteiger partial charge in [0.05, 0.1) is 0 Å². The molecule has 1 aliphatic rings. The molecule has 37 heavy (non-hydrogen) atoms. The largest absolute Gasteiger partial charge is 0.460 e. The Morgan fingerprint density at radius 3 is 1.81 bits per heavy atom. The SMILES string of the molecule is O=C(OCc1ccccc1)C1(C(=O)OCc2ccccc2)Cc2cc(=O)n(-c3ccc(Cl)cc3)cc2C1. The van der Waals surface area contributed by atoms with E-state index in [1.165, 1.54) is 10.6 Å². The van der Waals surface area contributed by atoms with Crippen LogP contribution in [0.4, 0.5) is 0 Å². The number of carbonyl (C=O) groups is 2. The molecule has 0 N–H and O–H groups in total. The highest BCUT2D eigenvalue weighted by atomic mass is 35.5. The lowest BCUT2D eigenvalue weighted by Crippen LogP contribution is -2.42. The van der Waals surface area contributed by atoms with Gasteiger partial charge in [0.1, 0.15) is 13.2 Å². The van der Waals surface area contributed by atoms with Crippen molar-refractivity contribution < 1.29 is 19.1 Å². The number of carbonyl (C=O) groups excluding carboxylic acids is 2. The second kappa shape index (κ2) is 10.4. The van der Waals surface area contributed by atoms with Crippen LogP contribution < -0.4 is 5.56 Å². The van der Waals surface area contributed by atoms with Gasteiger partial charge in [0.2, 0.25) is 0 Å². The Kier molecular flexibility index (Phi) is 6.93. The molecule has 0 saturated heterocycles. The number of hydrogen-bond donors (Lipinski definition) is 0. The topological polar surface area (TPSA) is 74.6 Å². The number of hydrogen-bond acceptors (Lipinski definition) is 5. The Balaban J connectivity index is 1.44. The minimum atomic E-state index is -1.59. The van der Waals surface area contributed by atoms with Gasteiger partial charge in [-0.2, -0.15) is 0 Å². The van der Waals surface area contributed by atoms with Gasteiger partial charge in [-0.3, -0.25) is 19.0 Å². The Morgan fingerprint density at radius 2 is 1.27 bits per heavy atom. The highest BCUT2D eigenvalue weighted by molar-refractivity contribution is 6.30. The Hall–Kier alpha value is -4.16. The third-order valence-corrected chi connectivity index (χ3v) is 6.78. The molecule has 0 unspecified atom stereocenters. The molecule has 4 aromatic rings. The lowest BCUT2D eigenvalue weighted by molar-refractivity contribution is -0.173. The predicted molar refractivity (Wildman–Crippen MR) is 139 cm³/mol. The average molecular weight is 514 g/mol. The van der Waals surface area contributed by atoms with E-state index in [9.17, 15) is 14.4 Å². The quantitative estimate of drug-likeness (QED) is 0.255. The standard InChI is InChI=1S/C30H24ClNO5/c31-25-11-13-26(14-12-25)32-18-24-17-30(16-23(24)15-27(32)33,28(34)36-19-21-7-3-1-4-8-21)29(35)37-20-22-9-5-2-6-10-22/h1-15,18H,16-17,19-20H2. The zero-order valence-corrected chi connectivity index (χ0v) is 20.7. The van der Waals surface area contributed by atoms with Crippen molar-refractivity contribution in [2.75, 3.05) is 0 Å². The molecular formula is C30H24ClNO5. The van der Waals surface area contributed by atoms with Gasteiger partial charge in [-0.05, 0) is 46.5 Å². The van der Waals surface area contributed by atoms with E-state index in [0.29, 0.717) is 21.8 Å². The second-order valence-corrected chi connectivity index (χ2v) is 9.50. The number of rotatable bonds is 7.